The lowest BCUT2D eigenvalue weighted by molar-refractivity contribution is -0.0345. The highest BCUT2D eigenvalue weighted by atomic mass is 32.1. The molecule has 1 aromatic carbocycles. The summed E-state index contributed by atoms with van der Waals surface area (Å²) in [6.07, 6.45) is 2.60. The molecule has 3 rings (SSSR count). The van der Waals surface area contributed by atoms with Crippen molar-refractivity contribution in [2.24, 2.45) is 0 Å². The summed E-state index contributed by atoms with van der Waals surface area (Å²) < 4.78 is 5.91. The van der Waals surface area contributed by atoms with Crippen LogP contribution in [0.15, 0.2) is 47.2 Å². The third-order valence-electron chi connectivity index (χ3n) is 3.81. The van der Waals surface area contributed by atoms with E-state index in [1.807, 2.05) is 0 Å². The van der Waals surface area contributed by atoms with Gasteiger partial charge in [0.25, 0.3) is 0 Å². The molecule has 0 aliphatic carbocycles. The van der Waals surface area contributed by atoms with Crippen LogP contribution in [0.25, 0.3) is 0 Å². The fourth-order valence-corrected chi connectivity index (χ4v) is 3.37. The van der Waals surface area contributed by atoms with Crippen LogP contribution in [0.3, 0.4) is 0 Å². The summed E-state index contributed by atoms with van der Waals surface area (Å²) in [6, 6.07) is 12.9. The maximum Gasteiger partial charge on any atom is 0.0705 e. The average molecular weight is 287 g/mol. The molecule has 2 aromatic rings. The van der Waals surface area contributed by atoms with Gasteiger partial charge in [0, 0.05) is 19.6 Å². The van der Waals surface area contributed by atoms with Crippen molar-refractivity contribution in [3.63, 3.8) is 0 Å². The first-order chi connectivity index (χ1) is 9.90. The lowest BCUT2D eigenvalue weighted by atomic mass is 10.1. The predicted molar refractivity (Wildman–Crippen MR) is 84.1 cm³/mol. The van der Waals surface area contributed by atoms with E-state index in [9.17, 15) is 0 Å². The molecule has 0 N–H and O–H groups in total. The van der Waals surface area contributed by atoms with E-state index < -0.39 is 0 Å². The summed E-state index contributed by atoms with van der Waals surface area (Å²) in [5.41, 5.74) is 2.84. The molecule has 0 spiro atoms. The minimum Gasteiger partial charge on any atom is -0.376 e. The first kappa shape index (κ1) is 13.8. The van der Waals surface area contributed by atoms with Crippen LogP contribution >= 0.6 is 11.3 Å². The van der Waals surface area contributed by atoms with Gasteiger partial charge in [-0.1, -0.05) is 30.3 Å². The summed E-state index contributed by atoms with van der Waals surface area (Å²) in [7, 11) is 0. The molecule has 2 heterocycles. The smallest absolute Gasteiger partial charge is 0.0705 e. The van der Waals surface area contributed by atoms with E-state index in [1.54, 1.807) is 11.3 Å². The first-order valence-corrected chi connectivity index (χ1v) is 8.23. The van der Waals surface area contributed by atoms with Crippen molar-refractivity contribution in [1.29, 1.82) is 0 Å². The number of ether oxygens (including phenoxy) is 1. The fourth-order valence-electron chi connectivity index (χ4n) is 2.71. The molecule has 106 valence electrons. The zero-order chi connectivity index (χ0) is 13.6. The highest BCUT2D eigenvalue weighted by Crippen LogP contribution is 2.16. The van der Waals surface area contributed by atoms with Gasteiger partial charge in [-0.3, -0.25) is 4.90 Å². The van der Waals surface area contributed by atoms with Gasteiger partial charge in [0.05, 0.1) is 12.7 Å². The van der Waals surface area contributed by atoms with Gasteiger partial charge in [-0.15, -0.1) is 0 Å². The van der Waals surface area contributed by atoms with Crippen LogP contribution in [0.1, 0.15) is 17.5 Å². The van der Waals surface area contributed by atoms with E-state index in [4.69, 9.17) is 4.74 Å². The van der Waals surface area contributed by atoms with Gasteiger partial charge in [0.1, 0.15) is 0 Å². The zero-order valence-electron chi connectivity index (χ0n) is 11.7. The van der Waals surface area contributed by atoms with Gasteiger partial charge >= 0.3 is 0 Å². The molecule has 1 fully saturated rings. The van der Waals surface area contributed by atoms with Gasteiger partial charge in [-0.05, 0) is 40.8 Å². The maximum absolute atomic E-state index is 5.91. The van der Waals surface area contributed by atoms with Crippen molar-refractivity contribution in [3.05, 3.63) is 58.3 Å². The van der Waals surface area contributed by atoms with E-state index in [0.717, 1.165) is 39.1 Å². The van der Waals surface area contributed by atoms with Crippen LogP contribution in [-0.4, -0.2) is 30.7 Å². The molecule has 1 unspecified atom stereocenters. The Kier molecular flexibility index (Phi) is 4.85. The normalized spacial score (nSPS) is 20.1. The third-order valence-corrected chi connectivity index (χ3v) is 4.54. The van der Waals surface area contributed by atoms with Crippen molar-refractivity contribution in [2.45, 2.75) is 25.5 Å². The molecule has 0 bridgehead atoms. The largest absolute Gasteiger partial charge is 0.376 e. The first-order valence-electron chi connectivity index (χ1n) is 7.29. The Hall–Kier alpha value is -1.16. The van der Waals surface area contributed by atoms with Crippen LogP contribution in [0.2, 0.25) is 0 Å². The number of hydrogen-bond donors (Lipinski definition) is 0. The van der Waals surface area contributed by atoms with Crippen molar-refractivity contribution in [1.82, 2.24) is 4.90 Å². The van der Waals surface area contributed by atoms with Crippen molar-refractivity contribution in [2.75, 3.05) is 19.7 Å². The standard InChI is InChI=1S/C17H21NOS/c1-2-4-15(5-3-1)6-7-17-13-18(9-10-19-17)12-16-8-11-20-14-16/h1-5,8,11,14,17H,6-7,9-10,12-13H2. The Balaban J connectivity index is 1.48. The van der Waals surface area contributed by atoms with E-state index >= 15 is 0 Å². The fraction of sp³-hybridized carbons (Fsp3) is 0.412. The quantitative estimate of drug-likeness (QED) is 0.833. The molecule has 1 aromatic heterocycles. The summed E-state index contributed by atoms with van der Waals surface area (Å²) in [5.74, 6) is 0. The second-order valence-electron chi connectivity index (χ2n) is 5.38. The lowest BCUT2D eigenvalue weighted by Crippen LogP contribution is -2.42. The molecule has 1 saturated heterocycles. The van der Waals surface area contributed by atoms with Crippen molar-refractivity contribution >= 4 is 11.3 Å². The Bertz CT molecular complexity index is 497. The number of hydrogen-bond acceptors (Lipinski definition) is 3. The molecule has 0 radical (unpaired) electrons. The SMILES string of the molecule is c1ccc(CCC2CN(Cc3ccsc3)CCO2)cc1. The molecular formula is C17H21NOS. The summed E-state index contributed by atoms with van der Waals surface area (Å²) in [4.78, 5) is 2.52. The molecule has 20 heavy (non-hydrogen) atoms. The van der Waals surface area contributed by atoms with Gasteiger partial charge < -0.3 is 4.74 Å². The molecule has 1 aliphatic rings. The van der Waals surface area contributed by atoms with Crippen LogP contribution in [0, 0.1) is 0 Å². The van der Waals surface area contributed by atoms with Gasteiger partial charge in [0.2, 0.25) is 0 Å². The highest BCUT2D eigenvalue weighted by molar-refractivity contribution is 7.07. The van der Waals surface area contributed by atoms with Crippen LogP contribution < -0.4 is 0 Å². The third kappa shape index (κ3) is 3.92. The van der Waals surface area contributed by atoms with E-state index in [1.165, 1.54) is 11.1 Å². The summed E-state index contributed by atoms with van der Waals surface area (Å²) in [6.45, 7) is 4.04. The predicted octanol–water partition coefficient (Wildman–Crippen LogP) is 3.58. The highest BCUT2D eigenvalue weighted by Gasteiger charge is 2.20. The number of benzene rings is 1. The Morgan fingerprint density at radius 3 is 2.85 bits per heavy atom. The van der Waals surface area contributed by atoms with Crippen molar-refractivity contribution < 1.29 is 4.74 Å². The number of nitrogens with zero attached hydrogens (tertiary/aromatic N) is 1. The summed E-state index contributed by atoms with van der Waals surface area (Å²) >= 11 is 1.78. The second-order valence-corrected chi connectivity index (χ2v) is 6.16. The zero-order valence-corrected chi connectivity index (χ0v) is 12.5. The second kappa shape index (κ2) is 7.02. The molecule has 0 saturated carbocycles. The van der Waals surface area contributed by atoms with Crippen molar-refractivity contribution in [3.8, 4) is 0 Å². The maximum atomic E-state index is 5.91. The minimum absolute atomic E-state index is 0.377. The molecule has 1 aliphatic heterocycles. The number of thiophene rings is 1. The van der Waals surface area contributed by atoms with Gasteiger partial charge in [-0.25, -0.2) is 0 Å². The summed E-state index contributed by atoms with van der Waals surface area (Å²) in [5, 5.41) is 4.40. The lowest BCUT2D eigenvalue weighted by Gasteiger charge is -2.32. The Morgan fingerprint density at radius 1 is 1.15 bits per heavy atom. The number of morpholine rings is 1. The molecule has 1 atom stereocenters. The van der Waals surface area contributed by atoms with E-state index in [2.05, 4.69) is 52.1 Å². The van der Waals surface area contributed by atoms with Crippen LogP contribution in [0.4, 0.5) is 0 Å². The Morgan fingerprint density at radius 2 is 2.05 bits per heavy atom. The van der Waals surface area contributed by atoms with E-state index in [0.29, 0.717) is 6.10 Å². The van der Waals surface area contributed by atoms with Gasteiger partial charge in [0.15, 0.2) is 0 Å². The molecule has 2 nitrogen and oxygen atoms in total. The van der Waals surface area contributed by atoms with Crippen LogP contribution in [0.5, 0.6) is 0 Å². The monoisotopic (exact) mass is 287 g/mol. The number of rotatable bonds is 5. The topological polar surface area (TPSA) is 12.5 Å². The van der Waals surface area contributed by atoms with Crippen LogP contribution in [-0.2, 0) is 17.7 Å². The average Bonchev–Trinajstić information content (AvgIpc) is 3.00. The minimum atomic E-state index is 0.377. The molecule has 3 heteroatoms. The molecule has 0 amide bonds. The Labute approximate surface area is 125 Å². The number of aryl methyl sites for hydroxylation is 1. The van der Waals surface area contributed by atoms with E-state index in [-0.39, 0.29) is 0 Å². The molecular weight excluding hydrogens is 266 g/mol. The van der Waals surface area contributed by atoms with Gasteiger partial charge in [-0.2, -0.15) is 11.3 Å².